The predicted molar refractivity (Wildman–Crippen MR) is 84.4 cm³/mol. The van der Waals surface area contributed by atoms with Gasteiger partial charge in [-0.3, -0.25) is 4.98 Å². The number of hydrogen-bond donors (Lipinski definition) is 1. The Bertz CT molecular complexity index is 647. The Morgan fingerprint density at radius 3 is 2.71 bits per heavy atom. The van der Waals surface area contributed by atoms with Crippen LogP contribution in [0.4, 0.5) is 0 Å². The molecule has 3 nitrogen and oxygen atoms in total. The van der Waals surface area contributed by atoms with Crippen molar-refractivity contribution in [3.05, 3.63) is 36.0 Å². The van der Waals surface area contributed by atoms with Gasteiger partial charge in [-0.1, -0.05) is 18.2 Å². The van der Waals surface area contributed by atoms with Crippen molar-refractivity contribution >= 4 is 10.9 Å². The van der Waals surface area contributed by atoms with E-state index in [2.05, 4.69) is 23.2 Å². The van der Waals surface area contributed by atoms with Crippen LogP contribution in [-0.4, -0.2) is 17.6 Å². The van der Waals surface area contributed by atoms with Crippen LogP contribution >= 0.6 is 0 Å². The Hall–Kier alpha value is -1.61. The Kier molecular flexibility index (Phi) is 3.30. The van der Waals surface area contributed by atoms with Crippen molar-refractivity contribution in [1.82, 2.24) is 4.98 Å². The maximum absolute atomic E-state index is 6.04. The number of pyridine rings is 1. The summed E-state index contributed by atoms with van der Waals surface area (Å²) in [5, 5.41) is 1.26. The number of ether oxygens (including phenoxy) is 1. The fourth-order valence-electron chi connectivity index (χ4n) is 3.95. The fraction of sp³-hybridized carbons (Fsp3) is 0.500. The van der Waals surface area contributed by atoms with E-state index in [4.69, 9.17) is 10.5 Å². The van der Waals surface area contributed by atoms with E-state index in [1.807, 2.05) is 12.3 Å². The van der Waals surface area contributed by atoms with Crippen LogP contribution in [0.25, 0.3) is 10.9 Å². The summed E-state index contributed by atoms with van der Waals surface area (Å²) in [5.41, 5.74) is 8.47. The van der Waals surface area contributed by atoms with Gasteiger partial charge >= 0.3 is 0 Å². The lowest BCUT2D eigenvalue weighted by Crippen LogP contribution is -2.34. The van der Waals surface area contributed by atoms with E-state index >= 15 is 0 Å². The predicted octanol–water partition coefficient (Wildman–Crippen LogP) is 3.30. The monoisotopic (exact) mass is 282 g/mol. The molecule has 1 aliphatic carbocycles. The fourth-order valence-corrected chi connectivity index (χ4v) is 3.95. The molecule has 1 aromatic carbocycles. The Balaban J connectivity index is 1.63. The Labute approximate surface area is 125 Å². The minimum atomic E-state index is 0.420. The van der Waals surface area contributed by atoms with Crippen molar-refractivity contribution in [2.45, 2.75) is 38.1 Å². The number of aromatic nitrogens is 1. The molecule has 1 aliphatic heterocycles. The van der Waals surface area contributed by atoms with Gasteiger partial charge in [0.15, 0.2) is 0 Å². The smallest absolute Gasteiger partial charge is 0.141 e. The molecule has 0 bridgehead atoms. The van der Waals surface area contributed by atoms with E-state index in [-0.39, 0.29) is 0 Å². The normalized spacial score (nSPS) is 28.9. The number of benzene rings is 1. The van der Waals surface area contributed by atoms with Crippen LogP contribution in [-0.2, 0) is 6.42 Å². The number of fused-ring (bicyclic) bond motifs is 3. The van der Waals surface area contributed by atoms with Gasteiger partial charge in [0.25, 0.3) is 0 Å². The quantitative estimate of drug-likeness (QED) is 0.873. The average Bonchev–Trinajstić information content (AvgIpc) is 2.55. The molecule has 1 atom stereocenters. The third kappa shape index (κ3) is 2.40. The summed E-state index contributed by atoms with van der Waals surface area (Å²) >= 11 is 0. The highest BCUT2D eigenvalue weighted by Crippen LogP contribution is 2.38. The molecule has 110 valence electrons. The molecule has 0 radical (unpaired) electrons. The van der Waals surface area contributed by atoms with Gasteiger partial charge in [0.2, 0.25) is 0 Å². The molecule has 1 fully saturated rings. The van der Waals surface area contributed by atoms with E-state index in [9.17, 15) is 0 Å². The number of nitrogens with zero attached hydrogens (tertiary/aromatic N) is 1. The summed E-state index contributed by atoms with van der Waals surface area (Å²) in [7, 11) is 0. The zero-order valence-corrected chi connectivity index (χ0v) is 12.3. The first kappa shape index (κ1) is 13.1. The third-order valence-electron chi connectivity index (χ3n) is 5.25. The molecule has 0 spiro atoms. The molecular weight excluding hydrogens is 260 g/mol. The van der Waals surface area contributed by atoms with Gasteiger partial charge < -0.3 is 10.5 Å². The van der Waals surface area contributed by atoms with Gasteiger partial charge in [0.05, 0.1) is 18.3 Å². The minimum absolute atomic E-state index is 0.420. The van der Waals surface area contributed by atoms with E-state index < -0.39 is 0 Å². The molecule has 1 aromatic heterocycles. The highest BCUT2D eigenvalue weighted by atomic mass is 16.5. The van der Waals surface area contributed by atoms with Crippen LogP contribution in [0.15, 0.2) is 30.5 Å². The molecule has 2 aliphatic rings. The average molecular weight is 282 g/mol. The number of rotatable bonds is 1. The zero-order chi connectivity index (χ0) is 14.2. The summed E-state index contributed by atoms with van der Waals surface area (Å²) < 4.78 is 6.03. The number of nitrogens with two attached hydrogens (primary N) is 1. The highest BCUT2D eigenvalue weighted by molar-refractivity contribution is 5.84. The molecule has 2 aromatic rings. The van der Waals surface area contributed by atoms with Crippen LogP contribution in [0.3, 0.4) is 0 Å². The second kappa shape index (κ2) is 5.30. The summed E-state index contributed by atoms with van der Waals surface area (Å²) in [6.07, 6.45) is 7.88. The van der Waals surface area contributed by atoms with E-state index in [1.54, 1.807) is 0 Å². The van der Waals surface area contributed by atoms with Crippen LogP contribution < -0.4 is 10.5 Å². The maximum atomic E-state index is 6.04. The van der Waals surface area contributed by atoms with E-state index in [1.165, 1.54) is 36.6 Å². The molecule has 0 saturated heterocycles. The minimum Gasteiger partial charge on any atom is -0.491 e. The molecular formula is C18H22N2O. The number of hydrogen-bond acceptors (Lipinski definition) is 3. The molecule has 2 N–H and O–H groups in total. The van der Waals surface area contributed by atoms with Crippen LogP contribution in [0, 0.1) is 11.8 Å². The van der Waals surface area contributed by atoms with Gasteiger partial charge in [-0.2, -0.15) is 0 Å². The first-order valence-electron chi connectivity index (χ1n) is 8.06. The van der Waals surface area contributed by atoms with Crippen molar-refractivity contribution in [3.63, 3.8) is 0 Å². The second-order valence-electron chi connectivity index (χ2n) is 6.57. The first-order chi connectivity index (χ1) is 10.3. The SMILES string of the molecule is N[C@H]1CC[C@H](C2COc3cnc4ccccc4c3C2)CC1. The summed E-state index contributed by atoms with van der Waals surface area (Å²) in [4.78, 5) is 4.50. The maximum Gasteiger partial charge on any atom is 0.141 e. The lowest BCUT2D eigenvalue weighted by Gasteiger charge is -2.35. The van der Waals surface area contributed by atoms with Crippen molar-refractivity contribution in [2.75, 3.05) is 6.61 Å². The van der Waals surface area contributed by atoms with Gasteiger partial charge in [-0.05, 0) is 44.1 Å². The summed E-state index contributed by atoms with van der Waals surface area (Å²) in [6.45, 7) is 0.840. The van der Waals surface area contributed by atoms with Crippen LogP contribution in [0.1, 0.15) is 31.2 Å². The lowest BCUT2D eigenvalue weighted by atomic mass is 9.75. The molecule has 1 unspecified atom stereocenters. The molecule has 0 amide bonds. The molecule has 2 heterocycles. The summed E-state index contributed by atoms with van der Waals surface area (Å²) in [5.74, 6) is 2.39. The molecule has 4 rings (SSSR count). The zero-order valence-electron chi connectivity index (χ0n) is 12.3. The molecule has 3 heteroatoms. The Morgan fingerprint density at radius 1 is 1.05 bits per heavy atom. The van der Waals surface area contributed by atoms with Crippen LogP contribution in [0.2, 0.25) is 0 Å². The highest BCUT2D eigenvalue weighted by Gasteiger charge is 2.31. The van der Waals surface area contributed by atoms with Gasteiger partial charge in [0, 0.05) is 22.9 Å². The number of para-hydroxylation sites is 1. The van der Waals surface area contributed by atoms with Gasteiger partial charge in [-0.25, -0.2) is 0 Å². The van der Waals surface area contributed by atoms with Crippen molar-refractivity contribution < 1.29 is 4.74 Å². The van der Waals surface area contributed by atoms with Crippen molar-refractivity contribution in [3.8, 4) is 5.75 Å². The van der Waals surface area contributed by atoms with E-state index in [0.717, 1.165) is 30.2 Å². The standard InChI is InChI=1S/C18H22N2O/c19-14-7-5-12(6-8-14)13-9-16-15-3-1-2-4-17(15)20-10-18(16)21-11-13/h1-4,10,12-14H,5-9,11,19H2/t12-,13?,14-. The van der Waals surface area contributed by atoms with Gasteiger partial charge in [0.1, 0.15) is 5.75 Å². The second-order valence-corrected chi connectivity index (χ2v) is 6.57. The largest absolute Gasteiger partial charge is 0.491 e. The Morgan fingerprint density at radius 2 is 1.86 bits per heavy atom. The summed E-state index contributed by atoms with van der Waals surface area (Å²) in [6, 6.07) is 8.81. The topological polar surface area (TPSA) is 48.1 Å². The lowest BCUT2D eigenvalue weighted by molar-refractivity contribution is 0.139. The van der Waals surface area contributed by atoms with Crippen LogP contribution in [0.5, 0.6) is 5.75 Å². The van der Waals surface area contributed by atoms with Gasteiger partial charge in [-0.15, -0.1) is 0 Å². The van der Waals surface area contributed by atoms with E-state index in [0.29, 0.717) is 12.0 Å². The first-order valence-corrected chi connectivity index (χ1v) is 8.06. The van der Waals surface area contributed by atoms with Crippen molar-refractivity contribution in [1.29, 1.82) is 0 Å². The molecule has 1 saturated carbocycles. The third-order valence-corrected chi connectivity index (χ3v) is 5.25. The van der Waals surface area contributed by atoms with Crippen molar-refractivity contribution in [2.24, 2.45) is 17.6 Å². The molecule has 21 heavy (non-hydrogen) atoms.